The van der Waals surface area contributed by atoms with Crippen LogP contribution in [0.15, 0.2) is 24.3 Å². The van der Waals surface area contributed by atoms with E-state index >= 15 is 0 Å². The summed E-state index contributed by atoms with van der Waals surface area (Å²) in [5, 5.41) is 14.4. The molecule has 0 fully saturated rings. The molecule has 2 amide bonds. The van der Waals surface area contributed by atoms with Gasteiger partial charge in [-0.15, -0.1) is 0 Å². The first-order valence-electron chi connectivity index (χ1n) is 8.37. The summed E-state index contributed by atoms with van der Waals surface area (Å²) < 4.78 is 0. The quantitative estimate of drug-likeness (QED) is 0.553. The van der Waals surface area contributed by atoms with E-state index < -0.39 is 12.0 Å². The maximum atomic E-state index is 12.3. The van der Waals surface area contributed by atoms with Gasteiger partial charge in [0, 0.05) is 13.0 Å². The van der Waals surface area contributed by atoms with E-state index in [-0.39, 0.29) is 24.2 Å². The van der Waals surface area contributed by atoms with Crippen LogP contribution in [0.1, 0.15) is 49.9 Å². The summed E-state index contributed by atoms with van der Waals surface area (Å²) in [6.45, 7) is 4.15. The number of hydrogen-bond acceptors (Lipinski definition) is 3. The normalized spacial score (nSPS) is 11.8. The number of nitrogens with one attached hydrogen (secondary N) is 2. The summed E-state index contributed by atoms with van der Waals surface area (Å²) >= 11 is 6.01. The summed E-state index contributed by atoms with van der Waals surface area (Å²) in [4.78, 5) is 35.1. The topological polar surface area (TPSA) is 95.5 Å². The largest absolute Gasteiger partial charge is 0.481 e. The van der Waals surface area contributed by atoms with E-state index in [1.807, 2.05) is 13.8 Å². The standard InChI is InChI=1S/C18H25ClN2O4/c1-12(2)16(18(25)20-11-7-3-4-10-15(22)23)21-17(24)13-8-5-6-9-14(13)19/h5-6,8-9,12,16H,3-4,7,10-11H2,1-2H3,(H,20,25)(H,21,24)(H,22,23). The number of rotatable bonds is 10. The Morgan fingerprint density at radius 2 is 1.80 bits per heavy atom. The van der Waals surface area contributed by atoms with Crippen molar-refractivity contribution in [2.75, 3.05) is 6.54 Å². The number of unbranched alkanes of at least 4 members (excludes halogenated alkanes) is 2. The van der Waals surface area contributed by atoms with E-state index in [9.17, 15) is 14.4 Å². The predicted molar refractivity (Wildman–Crippen MR) is 96.7 cm³/mol. The molecule has 1 aromatic carbocycles. The van der Waals surface area contributed by atoms with Gasteiger partial charge in [-0.2, -0.15) is 0 Å². The molecular weight excluding hydrogens is 344 g/mol. The first kappa shape index (κ1) is 21.0. The highest BCUT2D eigenvalue weighted by molar-refractivity contribution is 6.33. The van der Waals surface area contributed by atoms with E-state index in [4.69, 9.17) is 16.7 Å². The number of amides is 2. The smallest absolute Gasteiger partial charge is 0.303 e. The number of benzene rings is 1. The molecule has 3 N–H and O–H groups in total. The van der Waals surface area contributed by atoms with Gasteiger partial charge in [-0.25, -0.2) is 0 Å². The number of halogens is 1. The van der Waals surface area contributed by atoms with Gasteiger partial charge in [-0.3, -0.25) is 14.4 Å². The molecular formula is C18H25ClN2O4. The molecule has 0 radical (unpaired) electrons. The molecule has 25 heavy (non-hydrogen) atoms. The molecule has 0 aliphatic rings. The monoisotopic (exact) mass is 368 g/mol. The van der Waals surface area contributed by atoms with E-state index in [1.54, 1.807) is 24.3 Å². The average Bonchev–Trinajstić information content (AvgIpc) is 2.55. The fourth-order valence-electron chi connectivity index (χ4n) is 2.30. The van der Waals surface area contributed by atoms with Gasteiger partial charge in [0.15, 0.2) is 0 Å². The molecule has 7 heteroatoms. The van der Waals surface area contributed by atoms with Gasteiger partial charge < -0.3 is 15.7 Å². The van der Waals surface area contributed by atoms with Crippen LogP contribution in [0.4, 0.5) is 0 Å². The first-order valence-corrected chi connectivity index (χ1v) is 8.75. The van der Waals surface area contributed by atoms with Gasteiger partial charge in [0.05, 0.1) is 10.6 Å². The van der Waals surface area contributed by atoms with Gasteiger partial charge in [0.2, 0.25) is 5.91 Å². The van der Waals surface area contributed by atoms with Gasteiger partial charge in [-0.05, 0) is 30.9 Å². The first-order chi connectivity index (χ1) is 11.8. The molecule has 0 aliphatic heterocycles. The summed E-state index contributed by atoms with van der Waals surface area (Å²) in [6, 6.07) is 6.01. The van der Waals surface area contributed by atoms with Crippen LogP contribution >= 0.6 is 11.6 Å². The Hall–Kier alpha value is -2.08. The number of carboxylic acids is 1. The average molecular weight is 369 g/mol. The summed E-state index contributed by atoms with van der Waals surface area (Å²) in [5.41, 5.74) is 0.330. The van der Waals surface area contributed by atoms with Crippen molar-refractivity contribution in [1.82, 2.24) is 10.6 Å². The van der Waals surface area contributed by atoms with Gasteiger partial charge in [0.25, 0.3) is 5.91 Å². The zero-order valence-corrected chi connectivity index (χ0v) is 15.3. The van der Waals surface area contributed by atoms with Crippen LogP contribution in [0.2, 0.25) is 5.02 Å². The minimum atomic E-state index is -0.814. The van der Waals surface area contributed by atoms with Crippen LogP contribution in [0.25, 0.3) is 0 Å². The van der Waals surface area contributed by atoms with Crippen LogP contribution in [0.5, 0.6) is 0 Å². The second-order valence-corrected chi connectivity index (χ2v) is 6.58. The number of hydrogen-bond donors (Lipinski definition) is 3. The van der Waals surface area contributed by atoms with Crippen LogP contribution < -0.4 is 10.6 Å². The van der Waals surface area contributed by atoms with Crippen molar-refractivity contribution in [2.45, 2.75) is 45.6 Å². The van der Waals surface area contributed by atoms with E-state index in [2.05, 4.69) is 10.6 Å². The van der Waals surface area contributed by atoms with Gasteiger partial charge in [0.1, 0.15) is 6.04 Å². The molecule has 0 heterocycles. The lowest BCUT2D eigenvalue weighted by Crippen LogP contribution is -2.49. The molecule has 1 aromatic rings. The second-order valence-electron chi connectivity index (χ2n) is 6.17. The molecule has 0 aromatic heterocycles. The minimum Gasteiger partial charge on any atom is -0.481 e. The third kappa shape index (κ3) is 7.56. The second kappa shape index (κ2) is 10.7. The molecule has 1 rings (SSSR count). The van der Waals surface area contributed by atoms with Crippen LogP contribution in [-0.2, 0) is 9.59 Å². The van der Waals surface area contributed by atoms with Crippen molar-refractivity contribution >= 4 is 29.4 Å². The number of carboxylic acid groups (broad SMARTS) is 1. The zero-order chi connectivity index (χ0) is 18.8. The molecule has 0 spiro atoms. The molecule has 0 aliphatic carbocycles. The van der Waals surface area contributed by atoms with Crippen molar-refractivity contribution in [1.29, 1.82) is 0 Å². The van der Waals surface area contributed by atoms with Crippen LogP contribution in [0, 0.1) is 5.92 Å². The number of aliphatic carboxylic acids is 1. The Labute approximate surface area is 152 Å². The Balaban J connectivity index is 2.50. The number of carbonyl (C=O) groups excluding carboxylic acids is 2. The van der Waals surface area contributed by atoms with Crippen molar-refractivity contribution in [3.8, 4) is 0 Å². The maximum Gasteiger partial charge on any atom is 0.303 e. The number of carbonyl (C=O) groups is 3. The highest BCUT2D eigenvalue weighted by Crippen LogP contribution is 2.15. The van der Waals surface area contributed by atoms with Gasteiger partial charge in [-0.1, -0.05) is 44.0 Å². The van der Waals surface area contributed by atoms with Crippen LogP contribution in [-0.4, -0.2) is 35.5 Å². The fraction of sp³-hybridized carbons (Fsp3) is 0.500. The zero-order valence-electron chi connectivity index (χ0n) is 14.5. The molecule has 0 saturated carbocycles. The lowest BCUT2D eigenvalue weighted by atomic mass is 10.0. The molecule has 1 atom stereocenters. The van der Waals surface area contributed by atoms with Crippen molar-refractivity contribution < 1.29 is 19.5 Å². The third-order valence-electron chi connectivity index (χ3n) is 3.72. The third-order valence-corrected chi connectivity index (χ3v) is 4.05. The fourth-order valence-corrected chi connectivity index (χ4v) is 2.52. The lowest BCUT2D eigenvalue weighted by molar-refractivity contribution is -0.137. The van der Waals surface area contributed by atoms with Gasteiger partial charge >= 0.3 is 5.97 Å². The summed E-state index contributed by atoms with van der Waals surface area (Å²) in [5.74, 6) is -1.54. The van der Waals surface area contributed by atoms with Crippen molar-refractivity contribution in [2.24, 2.45) is 5.92 Å². The van der Waals surface area contributed by atoms with Crippen molar-refractivity contribution in [3.63, 3.8) is 0 Å². The highest BCUT2D eigenvalue weighted by Gasteiger charge is 2.25. The molecule has 0 bridgehead atoms. The SMILES string of the molecule is CC(C)C(NC(=O)c1ccccc1Cl)C(=O)NCCCCCC(=O)O. The molecule has 138 valence electrons. The van der Waals surface area contributed by atoms with E-state index in [0.717, 1.165) is 6.42 Å². The summed E-state index contributed by atoms with van der Waals surface area (Å²) in [6.07, 6.45) is 2.14. The Kier molecular flexibility index (Phi) is 8.99. The van der Waals surface area contributed by atoms with Crippen LogP contribution in [0.3, 0.4) is 0 Å². The Morgan fingerprint density at radius 1 is 1.12 bits per heavy atom. The Bertz CT molecular complexity index is 604. The Morgan fingerprint density at radius 3 is 2.40 bits per heavy atom. The minimum absolute atomic E-state index is 0.0848. The molecule has 0 saturated heterocycles. The van der Waals surface area contributed by atoms with E-state index in [1.165, 1.54) is 0 Å². The molecule has 1 unspecified atom stereocenters. The van der Waals surface area contributed by atoms with E-state index in [0.29, 0.717) is 30.0 Å². The van der Waals surface area contributed by atoms with Crippen molar-refractivity contribution in [3.05, 3.63) is 34.9 Å². The maximum absolute atomic E-state index is 12.3. The lowest BCUT2D eigenvalue weighted by Gasteiger charge is -2.22. The predicted octanol–water partition coefficient (Wildman–Crippen LogP) is 2.86. The molecule has 6 nitrogen and oxygen atoms in total. The summed E-state index contributed by atoms with van der Waals surface area (Å²) in [7, 11) is 0. The highest BCUT2D eigenvalue weighted by atomic mass is 35.5.